The molecule has 5 N–H and O–H groups in total. The molecule has 0 radical (unpaired) electrons. The number of nitrogen functional groups attached to an aromatic ring is 1. The zero-order valence-corrected chi connectivity index (χ0v) is 27.6. The molecular weight excluding hydrogens is 656 g/mol. The van der Waals surface area contributed by atoms with Crippen molar-refractivity contribution in [1.82, 2.24) is 19.8 Å². The second-order valence-corrected chi connectivity index (χ2v) is 13.6. The van der Waals surface area contributed by atoms with Crippen LogP contribution >= 0.6 is 11.6 Å². The fraction of sp³-hybridized carbons (Fsp3) is 0.562. The molecule has 3 saturated heterocycles. The van der Waals surface area contributed by atoms with Gasteiger partial charge in [-0.05, 0) is 37.1 Å². The molecule has 0 spiro atoms. The summed E-state index contributed by atoms with van der Waals surface area (Å²) in [5.74, 6) is 0.0706. The van der Waals surface area contributed by atoms with Gasteiger partial charge in [0.25, 0.3) is 5.91 Å². The number of halogens is 5. The standard InChI is InChI=1S/C32H39ClF4N8O3/c1-43(2)29(46)24(39)11-20-15-44(7-4-6-40-20)28-22-16-47-26(21-9-19(38)10-23(33)27(21)32(35,36)37)12-25(22)41-30(42-28)48-17-31-5-3-8-45(31)14-18(34)13-31/h9-11,18,26,39-40H,3-8,12-17,38H2,1-2H3/p+1/b20-11-,39-24?/t18-,26+,31+/m1/s1. The van der Waals surface area contributed by atoms with Crippen LogP contribution in [0.3, 0.4) is 0 Å². The Balaban J connectivity index is 1.36. The van der Waals surface area contributed by atoms with Gasteiger partial charge in [-0.25, -0.2) is 4.39 Å². The Morgan fingerprint density at radius 3 is 2.83 bits per heavy atom. The lowest BCUT2D eigenvalue weighted by atomic mass is 9.94. The molecule has 260 valence electrons. The predicted molar refractivity (Wildman–Crippen MR) is 171 cm³/mol. The summed E-state index contributed by atoms with van der Waals surface area (Å²) in [6.07, 6.45) is -2.42. The Morgan fingerprint density at radius 2 is 2.08 bits per heavy atom. The Morgan fingerprint density at radius 1 is 1.29 bits per heavy atom. The third-order valence-electron chi connectivity index (χ3n) is 9.54. The van der Waals surface area contributed by atoms with Crippen molar-refractivity contribution in [1.29, 1.82) is 5.41 Å². The number of nitrogens with zero attached hydrogens (tertiary/aromatic N) is 5. The first-order chi connectivity index (χ1) is 22.7. The second kappa shape index (κ2) is 13.4. The Hall–Kier alpha value is -3.53. The summed E-state index contributed by atoms with van der Waals surface area (Å²) in [4.78, 5) is 27.4. The number of hydrogen-bond acceptors (Lipinski definition) is 9. The first kappa shape index (κ1) is 34.3. The molecule has 3 atom stereocenters. The first-order valence-corrected chi connectivity index (χ1v) is 16.4. The van der Waals surface area contributed by atoms with Crippen LogP contribution in [0.25, 0.3) is 0 Å². The monoisotopic (exact) mass is 695 g/mol. The maximum atomic E-state index is 14.5. The number of ether oxygens (including phenoxy) is 2. The van der Waals surface area contributed by atoms with Crippen molar-refractivity contribution < 1.29 is 37.1 Å². The summed E-state index contributed by atoms with van der Waals surface area (Å²) in [6.45, 7) is 2.83. The number of anilines is 2. The third kappa shape index (κ3) is 6.96. The smallest absolute Gasteiger partial charge is 0.418 e. The molecule has 0 saturated carbocycles. The molecule has 0 bridgehead atoms. The lowest BCUT2D eigenvalue weighted by Gasteiger charge is -2.33. The van der Waals surface area contributed by atoms with E-state index in [1.807, 2.05) is 10.2 Å². The van der Waals surface area contributed by atoms with Crippen LogP contribution < -0.4 is 20.7 Å². The number of benzene rings is 1. The van der Waals surface area contributed by atoms with Gasteiger partial charge in [0, 0.05) is 63.8 Å². The van der Waals surface area contributed by atoms with Gasteiger partial charge < -0.3 is 30.3 Å². The Kier molecular flexibility index (Phi) is 9.59. The quantitative estimate of drug-likeness (QED) is 0.228. The van der Waals surface area contributed by atoms with Gasteiger partial charge in [0.1, 0.15) is 30.0 Å². The summed E-state index contributed by atoms with van der Waals surface area (Å²) < 4.78 is 69.4. The van der Waals surface area contributed by atoms with E-state index in [0.717, 1.165) is 37.6 Å². The Labute approximate surface area is 280 Å². The van der Waals surface area contributed by atoms with E-state index in [2.05, 4.69) is 4.90 Å². The van der Waals surface area contributed by atoms with Crippen molar-refractivity contribution in [3.8, 4) is 6.01 Å². The number of amides is 1. The van der Waals surface area contributed by atoms with E-state index in [1.54, 1.807) is 20.2 Å². The lowest BCUT2D eigenvalue weighted by Crippen LogP contribution is -2.82. The van der Waals surface area contributed by atoms with E-state index in [4.69, 9.17) is 42.2 Å². The third-order valence-corrected chi connectivity index (χ3v) is 9.84. The molecule has 1 amide bonds. The molecule has 4 aliphatic heterocycles. The second-order valence-electron chi connectivity index (χ2n) is 13.2. The first-order valence-electron chi connectivity index (χ1n) is 16.0. The molecule has 16 heteroatoms. The number of nitrogens with two attached hydrogens (primary N) is 2. The summed E-state index contributed by atoms with van der Waals surface area (Å²) >= 11 is 6.06. The molecule has 6 rings (SSSR count). The van der Waals surface area contributed by atoms with Crippen LogP contribution in [0.5, 0.6) is 6.01 Å². The minimum absolute atomic E-state index is 0.0292. The maximum Gasteiger partial charge on any atom is 0.418 e. The highest BCUT2D eigenvalue weighted by molar-refractivity contribution is 6.41. The van der Waals surface area contributed by atoms with Gasteiger partial charge in [0.15, 0.2) is 0 Å². The maximum absolute atomic E-state index is 14.5. The van der Waals surface area contributed by atoms with Crippen molar-refractivity contribution in [2.75, 3.05) is 64.1 Å². The van der Waals surface area contributed by atoms with Crippen molar-refractivity contribution in [3.05, 3.63) is 51.3 Å². The van der Waals surface area contributed by atoms with Gasteiger partial charge >= 0.3 is 12.2 Å². The van der Waals surface area contributed by atoms with Gasteiger partial charge in [0.2, 0.25) is 0 Å². The van der Waals surface area contributed by atoms with E-state index in [1.165, 1.54) is 11.0 Å². The SMILES string of the molecule is CN(C)C(=O)C(=N)/C=C1/CN(c2nc(OC[C@@]34CCCN3C[C@H](F)C4)nc3c2CO[C@H](c2cc(N)cc(Cl)c2C(F)(F)F)C3)CCC[NH2+]1. The van der Waals surface area contributed by atoms with Crippen LogP contribution in [0.4, 0.5) is 29.1 Å². The number of aromatic nitrogens is 2. The number of rotatable bonds is 7. The Bertz CT molecular complexity index is 1620. The highest BCUT2D eigenvalue weighted by atomic mass is 35.5. The number of nitrogens with one attached hydrogen (secondary N) is 1. The number of hydrogen-bond donors (Lipinski definition) is 3. The summed E-state index contributed by atoms with van der Waals surface area (Å²) in [6, 6.07) is 2.35. The van der Waals surface area contributed by atoms with Crippen molar-refractivity contribution >= 4 is 34.7 Å². The summed E-state index contributed by atoms with van der Waals surface area (Å²) in [5, 5.41) is 9.76. The van der Waals surface area contributed by atoms with Crippen LogP contribution in [0, 0.1) is 5.41 Å². The number of alkyl halides is 4. The number of carbonyl (C=O) groups is 1. The van der Waals surface area contributed by atoms with E-state index in [-0.39, 0.29) is 42.6 Å². The van der Waals surface area contributed by atoms with E-state index in [9.17, 15) is 22.4 Å². The van der Waals surface area contributed by atoms with Crippen molar-refractivity contribution in [2.45, 2.75) is 62.7 Å². The lowest BCUT2D eigenvalue weighted by molar-refractivity contribution is -0.604. The van der Waals surface area contributed by atoms with Crippen molar-refractivity contribution in [3.63, 3.8) is 0 Å². The summed E-state index contributed by atoms with van der Waals surface area (Å²) in [7, 11) is 3.17. The largest absolute Gasteiger partial charge is 0.461 e. The zero-order valence-electron chi connectivity index (χ0n) is 26.9. The molecule has 2 aromatic rings. The average molecular weight is 696 g/mol. The van der Waals surface area contributed by atoms with Crippen LogP contribution in [0.1, 0.15) is 54.2 Å². The molecule has 1 aromatic carbocycles. The van der Waals surface area contributed by atoms with E-state index >= 15 is 0 Å². The topological polar surface area (TPSA) is 138 Å². The molecule has 3 fully saturated rings. The van der Waals surface area contributed by atoms with Gasteiger partial charge in [-0.1, -0.05) is 11.6 Å². The van der Waals surface area contributed by atoms with Gasteiger partial charge in [0.05, 0.1) is 47.6 Å². The predicted octanol–water partition coefficient (Wildman–Crippen LogP) is 3.27. The van der Waals surface area contributed by atoms with Crippen LogP contribution in [-0.4, -0.2) is 96.5 Å². The van der Waals surface area contributed by atoms with Gasteiger partial charge in [-0.3, -0.25) is 15.1 Å². The minimum Gasteiger partial charge on any atom is -0.461 e. The minimum atomic E-state index is -4.75. The molecule has 5 heterocycles. The average Bonchev–Trinajstić information content (AvgIpc) is 3.43. The van der Waals surface area contributed by atoms with E-state index < -0.39 is 40.5 Å². The van der Waals surface area contributed by atoms with Gasteiger partial charge in [-0.15, -0.1) is 0 Å². The number of fused-ring (bicyclic) bond motifs is 2. The van der Waals surface area contributed by atoms with Crippen LogP contribution in [0.15, 0.2) is 23.9 Å². The van der Waals surface area contributed by atoms with E-state index in [0.29, 0.717) is 49.7 Å². The highest BCUT2D eigenvalue weighted by Gasteiger charge is 2.49. The number of carbonyl (C=O) groups excluding carboxylic acids is 1. The molecule has 0 aliphatic carbocycles. The molecule has 11 nitrogen and oxygen atoms in total. The molecular formula is C32H40ClF4N8O3+. The van der Waals surface area contributed by atoms with Gasteiger partial charge in [-0.2, -0.15) is 23.1 Å². The highest BCUT2D eigenvalue weighted by Crippen LogP contribution is 2.45. The molecule has 1 aromatic heterocycles. The molecule has 0 unspecified atom stereocenters. The fourth-order valence-electron chi connectivity index (χ4n) is 7.31. The number of quaternary nitrogens is 1. The molecule has 48 heavy (non-hydrogen) atoms. The summed E-state index contributed by atoms with van der Waals surface area (Å²) in [5.41, 5.74) is 6.02. The van der Waals surface area contributed by atoms with Crippen LogP contribution in [0.2, 0.25) is 5.02 Å². The van der Waals surface area contributed by atoms with Crippen molar-refractivity contribution in [2.24, 2.45) is 0 Å². The molecule has 4 aliphatic rings. The fourth-order valence-corrected chi connectivity index (χ4v) is 7.66. The van der Waals surface area contributed by atoms with Crippen LogP contribution in [-0.2, 0) is 28.7 Å². The zero-order chi connectivity index (χ0) is 34.4. The normalized spacial score (nSPS) is 25.5.